The highest BCUT2D eigenvalue weighted by Gasteiger charge is 2.28. The quantitative estimate of drug-likeness (QED) is 0.614. The normalized spacial score (nSPS) is 15.0. The lowest BCUT2D eigenvalue weighted by Gasteiger charge is -2.35. The fraction of sp³-hybridized carbons (Fsp3) is 0.333. The summed E-state index contributed by atoms with van der Waals surface area (Å²) in [5, 5.41) is 3.33. The summed E-state index contributed by atoms with van der Waals surface area (Å²) >= 11 is 0. The van der Waals surface area contributed by atoms with Crippen molar-refractivity contribution in [2.45, 2.75) is 26.5 Å². The van der Waals surface area contributed by atoms with E-state index in [2.05, 4.69) is 27.1 Å². The average Bonchev–Trinajstić information content (AvgIpc) is 2.75. The van der Waals surface area contributed by atoms with E-state index in [1.165, 1.54) is 5.56 Å². The Hall–Kier alpha value is -2.97. The predicted molar refractivity (Wildman–Crippen MR) is 129 cm³/mol. The van der Waals surface area contributed by atoms with Gasteiger partial charge in [0.15, 0.2) is 0 Å². The topological polar surface area (TPSA) is 78.4 Å². The number of aromatic nitrogens is 2. The third-order valence-corrected chi connectivity index (χ3v) is 7.39. The molecule has 7 nitrogen and oxygen atoms in total. The second-order valence-electron chi connectivity index (χ2n) is 8.28. The van der Waals surface area contributed by atoms with Gasteiger partial charge in [0.05, 0.1) is 5.75 Å². The minimum atomic E-state index is -3.36. The van der Waals surface area contributed by atoms with E-state index in [0.29, 0.717) is 32.0 Å². The molecule has 1 aliphatic heterocycles. The van der Waals surface area contributed by atoms with Crippen molar-refractivity contribution in [2.24, 2.45) is 0 Å². The molecule has 1 fully saturated rings. The SMILES string of the molecule is Cc1ccc(Nc2cc(N3CCN(S(=O)(=O)Cc4cccc(C)c4)CC3)nc(C)n2)cc1. The summed E-state index contributed by atoms with van der Waals surface area (Å²) in [6.07, 6.45) is 0. The Morgan fingerprint density at radius 3 is 2.28 bits per heavy atom. The number of nitrogens with zero attached hydrogens (tertiary/aromatic N) is 4. The van der Waals surface area contributed by atoms with Gasteiger partial charge in [0, 0.05) is 37.9 Å². The Balaban J connectivity index is 1.42. The first kappa shape index (κ1) is 22.2. The molecule has 2 aromatic carbocycles. The number of hydrogen-bond donors (Lipinski definition) is 1. The van der Waals surface area contributed by atoms with Gasteiger partial charge in [-0.25, -0.2) is 18.4 Å². The van der Waals surface area contributed by atoms with Crippen LogP contribution in [-0.4, -0.2) is 48.9 Å². The molecule has 0 saturated carbocycles. The van der Waals surface area contributed by atoms with Gasteiger partial charge in [0.2, 0.25) is 10.0 Å². The molecule has 168 valence electrons. The molecule has 1 aliphatic rings. The van der Waals surface area contributed by atoms with Crippen LogP contribution in [0.1, 0.15) is 22.5 Å². The Kier molecular flexibility index (Phi) is 6.43. The van der Waals surface area contributed by atoms with Crippen molar-refractivity contribution in [3.05, 3.63) is 77.1 Å². The van der Waals surface area contributed by atoms with Crippen LogP contribution in [0.3, 0.4) is 0 Å². The van der Waals surface area contributed by atoms with Crippen LogP contribution in [0.15, 0.2) is 54.6 Å². The van der Waals surface area contributed by atoms with E-state index in [1.807, 2.05) is 68.4 Å². The van der Waals surface area contributed by atoms with Gasteiger partial charge in [-0.05, 0) is 38.5 Å². The van der Waals surface area contributed by atoms with Gasteiger partial charge in [-0.15, -0.1) is 0 Å². The van der Waals surface area contributed by atoms with E-state index < -0.39 is 10.0 Å². The lowest BCUT2D eigenvalue weighted by Crippen LogP contribution is -2.49. The first-order valence-electron chi connectivity index (χ1n) is 10.8. The third-order valence-electron chi connectivity index (χ3n) is 5.54. The number of hydrogen-bond acceptors (Lipinski definition) is 6. The highest BCUT2D eigenvalue weighted by molar-refractivity contribution is 7.88. The third kappa shape index (κ3) is 5.44. The van der Waals surface area contributed by atoms with E-state index in [0.717, 1.165) is 28.5 Å². The molecular formula is C24H29N5O2S. The zero-order valence-corrected chi connectivity index (χ0v) is 19.6. The standard InChI is InChI=1S/C24H29N5O2S/c1-18-7-9-22(10-8-18)27-23-16-24(26-20(3)25-23)28-11-13-29(14-12-28)32(30,31)17-21-6-4-5-19(2)15-21/h4-10,15-16H,11-14,17H2,1-3H3,(H,25,26,27). The Morgan fingerprint density at radius 2 is 1.59 bits per heavy atom. The monoisotopic (exact) mass is 451 g/mol. The number of rotatable bonds is 6. The summed E-state index contributed by atoms with van der Waals surface area (Å²) in [6.45, 7) is 7.96. The van der Waals surface area contributed by atoms with Crippen molar-refractivity contribution >= 4 is 27.3 Å². The molecule has 0 radical (unpaired) electrons. The molecule has 4 rings (SSSR count). The van der Waals surface area contributed by atoms with Crippen LogP contribution in [0, 0.1) is 20.8 Å². The number of benzene rings is 2. The summed E-state index contributed by atoms with van der Waals surface area (Å²) in [7, 11) is -3.36. The van der Waals surface area contributed by atoms with Crippen LogP contribution in [0.25, 0.3) is 0 Å². The van der Waals surface area contributed by atoms with Crippen LogP contribution in [-0.2, 0) is 15.8 Å². The first-order valence-corrected chi connectivity index (χ1v) is 12.4. The molecule has 0 atom stereocenters. The number of anilines is 3. The average molecular weight is 452 g/mol. The number of nitrogens with one attached hydrogen (secondary N) is 1. The molecule has 1 N–H and O–H groups in total. The Bertz CT molecular complexity index is 1190. The van der Waals surface area contributed by atoms with Gasteiger partial charge in [0.25, 0.3) is 0 Å². The number of aryl methyl sites for hydroxylation is 3. The van der Waals surface area contributed by atoms with Gasteiger partial charge in [-0.3, -0.25) is 0 Å². The van der Waals surface area contributed by atoms with Crippen molar-refractivity contribution in [2.75, 3.05) is 36.4 Å². The predicted octanol–water partition coefficient (Wildman–Crippen LogP) is 3.80. The fourth-order valence-corrected chi connectivity index (χ4v) is 5.36. The smallest absolute Gasteiger partial charge is 0.218 e. The summed E-state index contributed by atoms with van der Waals surface area (Å²) in [6, 6.07) is 17.7. The van der Waals surface area contributed by atoms with E-state index in [1.54, 1.807) is 4.31 Å². The van der Waals surface area contributed by atoms with Crippen LogP contribution in [0.5, 0.6) is 0 Å². The molecule has 3 aromatic rings. The summed E-state index contributed by atoms with van der Waals surface area (Å²) in [5.74, 6) is 2.24. The second kappa shape index (κ2) is 9.26. The lowest BCUT2D eigenvalue weighted by atomic mass is 10.2. The van der Waals surface area contributed by atoms with Crippen molar-refractivity contribution < 1.29 is 8.42 Å². The van der Waals surface area contributed by atoms with Crippen LogP contribution in [0.2, 0.25) is 0 Å². The van der Waals surface area contributed by atoms with E-state index >= 15 is 0 Å². The molecule has 32 heavy (non-hydrogen) atoms. The maximum Gasteiger partial charge on any atom is 0.218 e. The molecule has 0 amide bonds. The molecule has 8 heteroatoms. The summed E-state index contributed by atoms with van der Waals surface area (Å²) in [4.78, 5) is 11.2. The Morgan fingerprint density at radius 1 is 0.875 bits per heavy atom. The van der Waals surface area contributed by atoms with Crippen LogP contribution >= 0.6 is 0 Å². The van der Waals surface area contributed by atoms with Crippen LogP contribution in [0.4, 0.5) is 17.3 Å². The van der Waals surface area contributed by atoms with Crippen molar-refractivity contribution in [1.82, 2.24) is 14.3 Å². The van der Waals surface area contributed by atoms with Gasteiger partial charge in [-0.1, -0.05) is 47.5 Å². The highest BCUT2D eigenvalue weighted by atomic mass is 32.2. The molecule has 1 aromatic heterocycles. The summed E-state index contributed by atoms with van der Waals surface area (Å²) < 4.78 is 27.4. The maximum absolute atomic E-state index is 12.9. The highest BCUT2D eigenvalue weighted by Crippen LogP contribution is 2.22. The number of piperazine rings is 1. The first-order chi connectivity index (χ1) is 15.3. The summed E-state index contributed by atoms with van der Waals surface area (Å²) in [5.41, 5.74) is 4.06. The largest absolute Gasteiger partial charge is 0.354 e. The van der Waals surface area contributed by atoms with Crippen molar-refractivity contribution in [3.8, 4) is 0 Å². The van der Waals surface area contributed by atoms with Gasteiger partial charge in [0.1, 0.15) is 17.5 Å². The zero-order valence-electron chi connectivity index (χ0n) is 18.7. The fourth-order valence-electron chi connectivity index (χ4n) is 3.86. The molecule has 1 saturated heterocycles. The lowest BCUT2D eigenvalue weighted by molar-refractivity contribution is 0.383. The molecule has 0 unspecified atom stereocenters. The van der Waals surface area contributed by atoms with E-state index in [4.69, 9.17) is 0 Å². The molecular weight excluding hydrogens is 422 g/mol. The van der Waals surface area contributed by atoms with Gasteiger partial charge < -0.3 is 10.2 Å². The zero-order chi connectivity index (χ0) is 22.7. The molecule has 0 bridgehead atoms. The second-order valence-corrected chi connectivity index (χ2v) is 10.2. The number of sulfonamides is 1. The maximum atomic E-state index is 12.9. The molecule has 0 aliphatic carbocycles. The van der Waals surface area contributed by atoms with Crippen molar-refractivity contribution in [1.29, 1.82) is 0 Å². The minimum Gasteiger partial charge on any atom is -0.354 e. The molecule has 0 spiro atoms. The molecule has 2 heterocycles. The Labute approximate surface area is 190 Å². The van der Waals surface area contributed by atoms with Gasteiger partial charge in [-0.2, -0.15) is 4.31 Å². The van der Waals surface area contributed by atoms with E-state index in [-0.39, 0.29) is 5.75 Å². The van der Waals surface area contributed by atoms with Crippen LogP contribution < -0.4 is 10.2 Å². The van der Waals surface area contributed by atoms with E-state index in [9.17, 15) is 8.42 Å². The minimum absolute atomic E-state index is 0.0336. The van der Waals surface area contributed by atoms with Gasteiger partial charge >= 0.3 is 0 Å². The van der Waals surface area contributed by atoms with Crippen molar-refractivity contribution in [3.63, 3.8) is 0 Å².